The number of carbonyl (C=O) groups excluding carboxylic acids is 1. The van der Waals surface area contributed by atoms with Crippen LogP contribution in [0.25, 0.3) is 6.08 Å². The number of benzene rings is 2. The van der Waals surface area contributed by atoms with E-state index in [0.717, 1.165) is 18.4 Å². The standard InChI is InChI=1S/C26H25ClF3N5O4S/c1-40(37,38)11-3-9-32-25(36)16-8-10-31-23-20(12-16)24(34-15-33-23)35-18-6-7-22(21(27)14-18)39-19-5-2-4-17(13-19)26(28,29)30/h2,4-7,12-15H,3,8-11H2,1H3,(H,32,36)(H2,31,33,34,35). The van der Waals surface area contributed by atoms with Crippen LogP contribution in [0.5, 0.6) is 11.5 Å². The maximum Gasteiger partial charge on any atom is 0.416 e. The van der Waals surface area contributed by atoms with Crippen molar-refractivity contribution in [3.63, 3.8) is 0 Å². The Morgan fingerprint density at radius 1 is 1.18 bits per heavy atom. The van der Waals surface area contributed by atoms with Crippen molar-refractivity contribution < 1.29 is 31.1 Å². The fourth-order valence-electron chi connectivity index (χ4n) is 3.82. The molecule has 1 aromatic heterocycles. The Hall–Kier alpha value is -3.84. The van der Waals surface area contributed by atoms with Crippen LogP contribution in [0, 0.1) is 0 Å². The predicted octanol–water partition coefficient (Wildman–Crippen LogP) is 5.43. The minimum absolute atomic E-state index is 0.0168. The lowest BCUT2D eigenvalue weighted by molar-refractivity contribution is -0.137. The van der Waals surface area contributed by atoms with E-state index in [0.29, 0.717) is 47.8 Å². The van der Waals surface area contributed by atoms with E-state index in [1.807, 2.05) is 0 Å². The quantitative estimate of drug-likeness (QED) is 0.280. The van der Waals surface area contributed by atoms with E-state index in [4.69, 9.17) is 16.3 Å². The molecule has 0 radical (unpaired) electrons. The van der Waals surface area contributed by atoms with Crippen molar-refractivity contribution in [2.75, 3.05) is 35.7 Å². The van der Waals surface area contributed by atoms with E-state index in [-0.39, 0.29) is 34.7 Å². The molecule has 3 N–H and O–H groups in total. The van der Waals surface area contributed by atoms with Crippen molar-refractivity contribution in [2.24, 2.45) is 0 Å². The van der Waals surface area contributed by atoms with Crippen molar-refractivity contribution in [2.45, 2.75) is 19.0 Å². The first-order valence-corrected chi connectivity index (χ1v) is 14.5. The van der Waals surface area contributed by atoms with Gasteiger partial charge in [-0.05, 0) is 55.3 Å². The topological polar surface area (TPSA) is 122 Å². The molecule has 0 atom stereocenters. The summed E-state index contributed by atoms with van der Waals surface area (Å²) in [6.07, 6.45) is 0.359. The lowest BCUT2D eigenvalue weighted by Crippen LogP contribution is -2.27. The Morgan fingerprint density at radius 3 is 2.70 bits per heavy atom. The Morgan fingerprint density at radius 2 is 1.98 bits per heavy atom. The summed E-state index contributed by atoms with van der Waals surface area (Å²) in [5, 5.41) is 9.17. The van der Waals surface area contributed by atoms with E-state index >= 15 is 0 Å². The Kier molecular flexibility index (Phi) is 8.84. The third-order valence-corrected chi connectivity index (χ3v) is 7.07. The summed E-state index contributed by atoms with van der Waals surface area (Å²) < 4.78 is 67.2. The minimum atomic E-state index is -4.51. The van der Waals surface area contributed by atoms with Crippen molar-refractivity contribution in [3.05, 3.63) is 70.5 Å². The summed E-state index contributed by atoms with van der Waals surface area (Å²) >= 11 is 6.36. The average Bonchev–Trinajstić information content (AvgIpc) is 3.11. The maximum absolute atomic E-state index is 13.0. The van der Waals surface area contributed by atoms with E-state index < -0.39 is 21.6 Å². The summed E-state index contributed by atoms with van der Waals surface area (Å²) in [5.41, 5.74) is 0.659. The number of carbonyl (C=O) groups is 1. The summed E-state index contributed by atoms with van der Waals surface area (Å²) in [6, 6.07) is 9.13. The van der Waals surface area contributed by atoms with Gasteiger partial charge in [0.05, 0.1) is 21.9 Å². The fraction of sp³-hybridized carbons (Fsp3) is 0.269. The van der Waals surface area contributed by atoms with Gasteiger partial charge >= 0.3 is 6.18 Å². The molecule has 0 unspecified atom stereocenters. The van der Waals surface area contributed by atoms with Crippen molar-refractivity contribution in [1.82, 2.24) is 15.3 Å². The molecule has 0 fully saturated rings. The zero-order valence-corrected chi connectivity index (χ0v) is 22.8. The Bertz CT molecular complexity index is 1550. The first kappa shape index (κ1) is 29.2. The van der Waals surface area contributed by atoms with E-state index in [9.17, 15) is 26.4 Å². The lowest BCUT2D eigenvalue weighted by atomic mass is 10.1. The second-order valence-electron chi connectivity index (χ2n) is 8.97. The number of sulfone groups is 1. The number of hydrogen-bond donors (Lipinski definition) is 3. The maximum atomic E-state index is 13.0. The highest BCUT2D eigenvalue weighted by atomic mass is 35.5. The molecule has 0 bridgehead atoms. The molecule has 1 aliphatic rings. The second kappa shape index (κ2) is 12.1. The molecular weight excluding hydrogens is 571 g/mol. The highest BCUT2D eigenvalue weighted by Gasteiger charge is 2.30. The number of nitrogens with one attached hydrogen (secondary N) is 3. The fourth-order valence-corrected chi connectivity index (χ4v) is 4.71. The molecule has 9 nitrogen and oxygen atoms in total. The number of amides is 1. The van der Waals surface area contributed by atoms with Crippen LogP contribution >= 0.6 is 11.6 Å². The van der Waals surface area contributed by atoms with Crippen molar-refractivity contribution in [1.29, 1.82) is 0 Å². The molecule has 14 heteroatoms. The van der Waals surface area contributed by atoms with Gasteiger partial charge in [0.1, 0.15) is 39.3 Å². The number of ether oxygens (including phenoxy) is 1. The van der Waals surface area contributed by atoms with Crippen molar-refractivity contribution in [3.8, 4) is 11.5 Å². The molecular formula is C26H25ClF3N5O4S. The molecule has 0 aliphatic carbocycles. The number of fused-ring (bicyclic) bond motifs is 1. The van der Waals surface area contributed by atoms with Crippen LogP contribution in [0.2, 0.25) is 5.02 Å². The zero-order valence-electron chi connectivity index (χ0n) is 21.2. The van der Waals surface area contributed by atoms with Crippen LogP contribution in [0.1, 0.15) is 24.0 Å². The normalized spacial score (nSPS) is 13.4. The first-order valence-electron chi connectivity index (χ1n) is 12.1. The van der Waals surface area contributed by atoms with Gasteiger partial charge in [0.2, 0.25) is 5.91 Å². The van der Waals surface area contributed by atoms with Crippen LogP contribution in [0.4, 0.5) is 30.5 Å². The predicted molar refractivity (Wildman–Crippen MR) is 147 cm³/mol. The van der Waals surface area contributed by atoms with Crippen LogP contribution in [0.3, 0.4) is 0 Å². The van der Waals surface area contributed by atoms with Crippen LogP contribution < -0.4 is 20.7 Å². The van der Waals surface area contributed by atoms with Gasteiger partial charge in [-0.3, -0.25) is 4.79 Å². The molecule has 2 aromatic carbocycles. The van der Waals surface area contributed by atoms with Gasteiger partial charge in [-0.25, -0.2) is 18.4 Å². The molecule has 212 valence electrons. The van der Waals surface area contributed by atoms with E-state index in [1.165, 1.54) is 30.6 Å². The molecule has 2 heterocycles. The Labute approximate surface area is 233 Å². The third kappa shape index (κ3) is 7.85. The lowest BCUT2D eigenvalue weighted by Gasteiger charge is -2.14. The summed E-state index contributed by atoms with van der Waals surface area (Å²) in [5.74, 6) is 0.682. The average molecular weight is 596 g/mol. The van der Waals surface area contributed by atoms with Gasteiger partial charge in [-0.1, -0.05) is 17.7 Å². The molecule has 0 spiro atoms. The summed E-state index contributed by atoms with van der Waals surface area (Å²) in [7, 11) is -3.12. The van der Waals surface area contributed by atoms with Crippen molar-refractivity contribution >= 4 is 50.7 Å². The minimum Gasteiger partial charge on any atom is -0.456 e. The smallest absolute Gasteiger partial charge is 0.416 e. The molecule has 40 heavy (non-hydrogen) atoms. The monoisotopic (exact) mass is 595 g/mol. The van der Waals surface area contributed by atoms with Gasteiger partial charge in [-0.2, -0.15) is 13.2 Å². The highest BCUT2D eigenvalue weighted by molar-refractivity contribution is 7.90. The summed E-state index contributed by atoms with van der Waals surface area (Å²) in [4.78, 5) is 21.3. The van der Waals surface area contributed by atoms with E-state index in [2.05, 4.69) is 25.9 Å². The van der Waals surface area contributed by atoms with Gasteiger partial charge in [-0.15, -0.1) is 0 Å². The van der Waals surface area contributed by atoms with Gasteiger partial charge in [0, 0.05) is 30.6 Å². The number of rotatable bonds is 9. The molecule has 0 saturated heterocycles. The highest BCUT2D eigenvalue weighted by Crippen LogP contribution is 2.36. The SMILES string of the molecule is CS(=O)(=O)CCCNC(=O)C1=Cc2c(ncnc2Nc2ccc(Oc3cccc(C(F)(F)F)c3)c(Cl)c2)NCC1. The van der Waals surface area contributed by atoms with Gasteiger partial charge in [0.25, 0.3) is 0 Å². The number of alkyl halides is 3. The second-order valence-corrected chi connectivity index (χ2v) is 11.6. The number of anilines is 3. The molecule has 0 saturated carbocycles. The number of hydrogen-bond acceptors (Lipinski definition) is 8. The van der Waals surface area contributed by atoms with Crippen LogP contribution in [-0.4, -0.2) is 49.4 Å². The van der Waals surface area contributed by atoms with Crippen LogP contribution in [0.15, 0.2) is 54.4 Å². The van der Waals surface area contributed by atoms with Gasteiger partial charge < -0.3 is 20.7 Å². The molecule has 3 aromatic rings. The van der Waals surface area contributed by atoms with Gasteiger partial charge in [0.15, 0.2) is 0 Å². The number of halogens is 4. The summed E-state index contributed by atoms with van der Waals surface area (Å²) in [6.45, 7) is 0.660. The molecule has 4 rings (SSSR count). The largest absolute Gasteiger partial charge is 0.456 e. The number of nitrogens with zero attached hydrogens (tertiary/aromatic N) is 2. The molecule has 1 aliphatic heterocycles. The first-order chi connectivity index (χ1) is 18.9. The van der Waals surface area contributed by atoms with Crippen LogP contribution in [-0.2, 0) is 20.8 Å². The number of aromatic nitrogens is 2. The Balaban J connectivity index is 1.50. The third-order valence-electron chi connectivity index (χ3n) is 5.74. The molecule has 1 amide bonds. The van der Waals surface area contributed by atoms with E-state index in [1.54, 1.807) is 12.1 Å². The zero-order chi connectivity index (χ0) is 28.9.